The van der Waals surface area contributed by atoms with Crippen LogP contribution in [0.5, 0.6) is 0 Å². The minimum atomic E-state index is -0.354. The largest absolute Gasteiger partial charge is 0.468 e. The Kier molecular flexibility index (Phi) is 7.36. The average Bonchev–Trinajstić information content (AvgIpc) is 2.68. The molecular weight excluding hydrogens is 328 g/mol. The summed E-state index contributed by atoms with van der Waals surface area (Å²) >= 11 is 0. The lowest BCUT2D eigenvalue weighted by molar-refractivity contribution is -0.143. The first-order valence-electron chi connectivity index (χ1n) is 8.65. The Balaban J connectivity index is 2.05. The van der Waals surface area contributed by atoms with Crippen LogP contribution in [0.4, 0.5) is 0 Å². The molecule has 2 rings (SSSR count). The van der Waals surface area contributed by atoms with Gasteiger partial charge in [0.1, 0.15) is 0 Å². The Labute approximate surface area is 155 Å². The zero-order chi connectivity index (χ0) is 18.9. The number of ether oxygens (including phenoxy) is 1. The highest BCUT2D eigenvalue weighted by Gasteiger charge is 2.21. The van der Waals surface area contributed by atoms with Crippen LogP contribution >= 0.6 is 0 Å². The summed E-state index contributed by atoms with van der Waals surface area (Å²) in [5, 5.41) is 0. The van der Waals surface area contributed by atoms with E-state index in [-0.39, 0.29) is 31.0 Å². The van der Waals surface area contributed by atoms with Gasteiger partial charge in [-0.25, -0.2) is 0 Å². The smallest absolute Gasteiger partial charge is 0.319 e. The number of benzene rings is 2. The van der Waals surface area contributed by atoms with Gasteiger partial charge < -0.3 is 9.64 Å². The molecule has 0 radical (unpaired) electrons. The van der Waals surface area contributed by atoms with E-state index in [1.807, 2.05) is 67.6 Å². The molecule has 0 aliphatic rings. The van der Waals surface area contributed by atoms with Gasteiger partial charge in [0.25, 0.3) is 0 Å². The quantitative estimate of drug-likeness (QED) is 0.684. The highest BCUT2D eigenvalue weighted by Crippen LogP contribution is 2.18. The van der Waals surface area contributed by atoms with Crippen LogP contribution in [0.25, 0.3) is 0 Å². The lowest BCUT2D eigenvalue weighted by Crippen LogP contribution is -2.41. The summed E-state index contributed by atoms with van der Waals surface area (Å²) in [6.45, 7) is 2.73. The van der Waals surface area contributed by atoms with Crippen molar-refractivity contribution in [1.29, 1.82) is 0 Å². The summed E-state index contributed by atoms with van der Waals surface area (Å²) in [4.78, 5) is 28.0. The topological polar surface area (TPSA) is 49.9 Å². The number of nitrogens with zero attached hydrogens (tertiary/aromatic N) is 2. The van der Waals surface area contributed by atoms with Gasteiger partial charge in [0.2, 0.25) is 5.91 Å². The monoisotopic (exact) mass is 354 g/mol. The number of hydrogen-bond acceptors (Lipinski definition) is 4. The van der Waals surface area contributed by atoms with Crippen LogP contribution in [-0.4, -0.2) is 48.9 Å². The zero-order valence-corrected chi connectivity index (χ0v) is 15.6. The third kappa shape index (κ3) is 5.70. The van der Waals surface area contributed by atoms with Crippen LogP contribution in [0.2, 0.25) is 0 Å². The number of hydrogen-bond donors (Lipinski definition) is 0. The Hall–Kier alpha value is -2.66. The summed E-state index contributed by atoms with van der Waals surface area (Å²) in [6, 6.07) is 19.6. The molecule has 0 heterocycles. The molecule has 2 aromatic rings. The van der Waals surface area contributed by atoms with Crippen molar-refractivity contribution in [3.8, 4) is 0 Å². The molecule has 1 amide bonds. The molecule has 0 bridgehead atoms. The molecule has 2 aromatic carbocycles. The first kappa shape index (κ1) is 19.7. The van der Waals surface area contributed by atoms with E-state index in [0.29, 0.717) is 6.54 Å². The summed E-state index contributed by atoms with van der Waals surface area (Å²) in [6.07, 6.45) is 0. The Morgan fingerprint density at radius 3 is 2.12 bits per heavy atom. The number of esters is 1. The molecular formula is C21H26N2O3. The highest BCUT2D eigenvalue weighted by molar-refractivity contribution is 5.79. The fraction of sp³-hybridized carbons (Fsp3) is 0.333. The molecule has 26 heavy (non-hydrogen) atoms. The van der Waals surface area contributed by atoms with Crippen LogP contribution in [0, 0.1) is 0 Å². The molecule has 0 N–H and O–H groups in total. The number of carbonyl (C=O) groups excluding carboxylic acids is 2. The van der Waals surface area contributed by atoms with Gasteiger partial charge in [0.15, 0.2) is 0 Å². The molecule has 0 aliphatic heterocycles. The van der Waals surface area contributed by atoms with Gasteiger partial charge >= 0.3 is 5.97 Å². The van der Waals surface area contributed by atoms with Crippen molar-refractivity contribution in [3.63, 3.8) is 0 Å². The maximum atomic E-state index is 12.8. The molecule has 0 aliphatic carbocycles. The Morgan fingerprint density at radius 2 is 1.54 bits per heavy atom. The minimum absolute atomic E-state index is 0.0406. The van der Waals surface area contributed by atoms with Crippen LogP contribution in [0.15, 0.2) is 60.7 Å². The predicted molar refractivity (Wildman–Crippen MR) is 101 cm³/mol. The minimum Gasteiger partial charge on any atom is -0.468 e. The number of amides is 1. The molecule has 138 valence electrons. The van der Waals surface area contributed by atoms with Crippen molar-refractivity contribution in [3.05, 3.63) is 71.8 Å². The SMILES string of the molecule is COC(=O)CN(CC(=O)N(C)C(C)c1ccccc1)Cc1ccccc1. The van der Waals surface area contributed by atoms with Crippen molar-refractivity contribution in [2.75, 3.05) is 27.2 Å². The predicted octanol–water partition coefficient (Wildman–Crippen LogP) is 2.88. The summed E-state index contributed by atoms with van der Waals surface area (Å²) < 4.78 is 4.77. The molecule has 1 unspecified atom stereocenters. The number of likely N-dealkylation sites (N-methyl/N-ethyl adjacent to an activating group) is 1. The number of rotatable bonds is 8. The van der Waals surface area contributed by atoms with Gasteiger partial charge in [-0.1, -0.05) is 60.7 Å². The second-order valence-corrected chi connectivity index (χ2v) is 6.30. The van der Waals surface area contributed by atoms with E-state index in [0.717, 1.165) is 11.1 Å². The molecule has 1 atom stereocenters. The van der Waals surface area contributed by atoms with E-state index >= 15 is 0 Å². The lowest BCUT2D eigenvalue weighted by atomic mass is 10.1. The van der Waals surface area contributed by atoms with Crippen molar-refractivity contribution < 1.29 is 14.3 Å². The van der Waals surface area contributed by atoms with Gasteiger partial charge in [-0.2, -0.15) is 0 Å². The van der Waals surface area contributed by atoms with Gasteiger partial charge in [-0.05, 0) is 18.1 Å². The molecule has 5 nitrogen and oxygen atoms in total. The van der Waals surface area contributed by atoms with Gasteiger partial charge in [-0.3, -0.25) is 14.5 Å². The number of methoxy groups -OCH3 is 1. The second kappa shape index (κ2) is 9.73. The third-order valence-corrected chi connectivity index (χ3v) is 4.44. The third-order valence-electron chi connectivity index (χ3n) is 4.44. The summed E-state index contributed by atoms with van der Waals surface area (Å²) in [7, 11) is 3.15. The van der Waals surface area contributed by atoms with E-state index in [2.05, 4.69) is 0 Å². The van der Waals surface area contributed by atoms with Crippen molar-refractivity contribution >= 4 is 11.9 Å². The summed E-state index contributed by atoms with van der Waals surface area (Å²) in [5.74, 6) is -0.395. The van der Waals surface area contributed by atoms with Crippen molar-refractivity contribution in [2.24, 2.45) is 0 Å². The van der Waals surface area contributed by atoms with Crippen molar-refractivity contribution in [2.45, 2.75) is 19.5 Å². The van der Waals surface area contributed by atoms with Gasteiger partial charge in [0.05, 0.1) is 26.2 Å². The van der Waals surface area contributed by atoms with Crippen molar-refractivity contribution in [1.82, 2.24) is 9.80 Å². The van der Waals surface area contributed by atoms with E-state index < -0.39 is 0 Å². The lowest BCUT2D eigenvalue weighted by Gasteiger charge is -2.28. The first-order chi connectivity index (χ1) is 12.5. The van der Waals surface area contributed by atoms with Crippen LogP contribution in [-0.2, 0) is 20.9 Å². The van der Waals surface area contributed by atoms with E-state index in [9.17, 15) is 9.59 Å². The van der Waals surface area contributed by atoms with E-state index in [1.165, 1.54) is 7.11 Å². The Bertz CT molecular complexity index is 704. The normalized spacial score (nSPS) is 11.8. The second-order valence-electron chi connectivity index (χ2n) is 6.30. The standard InChI is InChI=1S/C21H26N2O3/c1-17(19-12-8-5-9-13-19)22(2)20(24)15-23(16-21(25)26-3)14-18-10-6-4-7-11-18/h4-13,17H,14-16H2,1-3H3. The Morgan fingerprint density at radius 1 is 0.962 bits per heavy atom. The number of carbonyl (C=O) groups is 2. The molecule has 5 heteroatoms. The highest BCUT2D eigenvalue weighted by atomic mass is 16.5. The molecule has 0 aromatic heterocycles. The van der Waals surface area contributed by atoms with Gasteiger partial charge in [-0.15, -0.1) is 0 Å². The maximum Gasteiger partial charge on any atom is 0.319 e. The van der Waals surface area contributed by atoms with Gasteiger partial charge in [0, 0.05) is 13.6 Å². The van der Waals surface area contributed by atoms with Crippen LogP contribution < -0.4 is 0 Å². The molecule has 0 spiro atoms. The molecule has 0 fully saturated rings. The summed E-state index contributed by atoms with van der Waals surface area (Å²) in [5.41, 5.74) is 2.12. The molecule has 0 saturated heterocycles. The van der Waals surface area contributed by atoms with E-state index in [1.54, 1.807) is 16.8 Å². The molecule has 0 saturated carbocycles. The fourth-order valence-electron chi connectivity index (χ4n) is 2.73. The average molecular weight is 354 g/mol. The zero-order valence-electron chi connectivity index (χ0n) is 15.6. The van der Waals surface area contributed by atoms with Crippen LogP contribution in [0.1, 0.15) is 24.1 Å². The first-order valence-corrected chi connectivity index (χ1v) is 8.65. The fourth-order valence-corrected chi connectivity index (χ4v) is 2.73. The van der Waals surface area contributed by atoms with Crippen LogP contribution in [0.3, 0.4) is 0 Å². The van der Waals surface area contributed by atoms with E-state index in [4.69, 9.17) is 4.74 Å². The maximum absolute atomic E-state index is 12.8.